The van der Waals surface area contributed by atoms with Gasteiger partial charge in [-0.1, -0.05) is 27.5 Å². The maximum atomic E-state index is 6.12. The van der Waals surface area contributed by atoms with E-state index >= 15 is 0 Å². The van der Waals surface area contributed by atoms with Crippen molar-refractivity contribution in [1.29, 1.82) is 0 Å². The second kappa shape index (κ2) is 8.37. The van der Waals surface area contributed by atoms with Gasteiger partial charge in [0.05, 0.1) is 23.8 Å². The molecule has 118 valence electrons. The van der Waals surface area contributed by atoms with Crippen LogP contribution in [0.15, 0.2) is 22.7 Å². The zero-order valence-corrected chi connectivity index (χ0v) is 15.0. The first kappa shape index (κ1) is 17.1. The van der Waals surface area contributed by atoms with Gasteiger partial charge in [0.2, 0.25) is 0 Å². The predicted octanol–water partition coefficient (Wildman–Crippen LogP) is 4.37. The Labute approximate surface area is 140 Å². The van der Waals surface area contributed by atoms with Crippen LogP contribution in [0.25, 0.3) is 0 Å². The summed E-state index contributed by atoms with van der Waals surface area (Å²) in [6, 6.07) is 5.70. The van der Waals surface area contributed by atoms with Crippen LogP contribution in [0.4, 0.5) is 0 Å². The van der Waals surface area contributed by atoms with Crippen molar-refractivity contribution in [2.75, 3.05) is 26.2 Å². The molecule has 1 saturated heterocycles. The van der Waals surface area contributed by atoms with Crippen LogP contribution in [0, 0.1) is 0 Å². The maximum absolute atomic E-state index is 6.12. The molecule has 0 aliphatic carbocycles. The van der Waals surface area contributed by atoms with Gasteiger partial charge < -0.3 is 9.47 Å². The van der Waals surface area contributed by atoms with E-state index in [-0.39, 0.29) is 0 Å². The third-order valence-electron chi connectivity index (χ3n) is 3.52. The summed E-state index contributed by atoms with van der Waals surface area (Å²) in [5.41, 5.74) is 0. The van der Waals surface area contributed by atoms with Crippen LogP contribution < -0.4 is 4.74 Å². The van der Waals surface area contributed by atoms with E-state index in [4.69, 9.17) is 21.1 Å². The quantitative estimate of drug-likeness (QED) is 0.688. The molecular formula is C16H23BrClNO2. The van der Waals surface area contributed by atoms with Crippen LogP contribution in [0.2, 0.25) is 5.02 Å². The summed E-state index contributed by atoms with van der Waals surface area (Å²) in [6.45, 7) is 8.16. The highest BCUT2D eigenvalue weighted by Crippen LogP contribution is 2.27. The zero-order chi connectivity index (χ0) is 15.2. The first-order valence-electron chi connectivity index (χ1n) is 7.50. The van der Waals surface area contributed by atoms with Crippen molar-refractivity contribution in [1.82, 2.24) is 4.90 Å². The Morgan fingerprint density at radius 2 is 2.00 bits per heavy atom. The van der Waals surface area contributed by atoms with Gasteiger partial charge in [-0.05, 0) is 51.4 Å². The van der Waals surface area contributed by atoms with Crippen LogP contribution >= 0.6 is 27.5 Å². The molecule has 1 aromatic carbocycles. The molecule has 0 radical (unpaired) electrons. The molecule has 0 spiro atoms. The van der Waals surface area contributed by atoms with Gasteiger partial charge in [-0.3, -0.25) is 4.90 Å². The van der Waals surface area contributed by atoms with Gasteiger partial charge in [0.15, 0.2) is 0 Å². The second-order valence-corrected chi connectivity index (χ2v) is 6.97. The van der Waals surface area contributed by atoms with Crippen molar-refractivity contribution in [3.05, 3.63) is 27.7 Å². The molecule has 1 aliphatic heterocycles. The van der Waals surface area contributed by atoms with Crippen LogP contribution in [0.5, 0.6) is 5.75 Å². The Morgan fingerprint density at radius 3 is 2.67 bits per heavy atom. The molecule has 0 bridgehead atoms. The molecule has 2 atom stereocenters. The van der Waals surface area contributed by atoms with Crippen LogP contribution in [-0.4, -0.2) is 43.3 Å². The minimum absolute atomic E-state index is 0.339. The van der Waals surface area contributed by atoms with E-state index in [2.05, 4.69) is 34.7 Å². The highest BCUT2D eigenvalue weighted by atomic mass is 79.9. The summed E-state index contributed by atoms with van der Waals surface area (Å²) in [7, 11) is 0. The average Bonchev–Trinajstić information content (AvgIpc) is 2.39. The minimum atomic E-state index is 0.339. The van der Waals surface area contributed by atoms with Gasteiger partial charge in [0.1, 0.15) is 5.75 Å². The fraction of sp³-hybridized carbons (Fsp3) is 0.625. The Hall–Kier alpha value is -0.290. The average molecular weight is 377 g/mol. The van der Waals surface area contributed by atoms with E-state index in [1.807, 2.05) is 18.2 Å². The number of hydrogen-bond acceptors (Lipinski definition) is 3. The van der Waals surface area contributed by atoms with E-state index in [0.29, 0.717) is 23.8 Å². The molecule has 0 aromatic heterocycles. The van der Waals surface area contributed by atoms with Crippen molar-refractivity contribution in [3.63, 3.8) is 0 Å². The number of morpholine rings is 1. The third-order valence-corrected chi connectivity index (χ3v) is 4.30. The molecule has 2 rings (SSSR count). The lowest BCUT2D eigenvalue weighted by Gasteiger charge is -2.35. The van der Waals surface area contributed by atoms with Crippen LogP contribution in [0.1, 0.15) is 26.7 Å². The van der Waals surface area contributed by atoms with E-state index in [0.717, 1.165) is 42.7 Å². The Balaban J connectivity index is 1.63. The SMILES string of the molecule is C[C@@H]1CN(CCCCOc2ccc(Br)cc2Cl)C[C@@H](C)O1. The van der Waals surface area contributed by atoms with E-state index in [1.54, 1.807) is 0 Å². The van der Waals surface area contributed by atoms with Gasteiger partial charge in [-0.25, -0.2) is 0 Å². The molecule has 1 heterocycles. The monoisotopic (exact) mass is 375 g/mol. The highest BCUT2D eigenvalue weighted by molar-refractivity contribution is 9.10. The fourth-order valence-corrected chi connectivity index (χ4v) is 3.41. The Bertz CT molecular complexity index is 448. The summed E-state index contributed by atoms with van der Waals surface area (Å²) in [5.74, 6) is 0.758. The fourth-order valence-electron chi connectivity index (χ4n) is 2.68. The second-order valence-electron chi connectivity index (χ2n) is 5.65. The molecule has 0 saturated carbocycles. The number of unbranched alkanes of at least 4 members (excludes halogenated alkanes) is 1. The largest absolute Gasteiger partial charge is 0.492 e. The van der Waals surface area contributed by atoms with Gasteiger partial charge in [0.25, 0.3) is 0 Å². The van der Waals surface area contributed by atoms with Gasteiger partial charge in [-0.15, -0.1) is 0 Å². The van der Waals surface area contributed by atoms with Crippen molar-refractivity contribution >= 4 is 27.5 Å². The minimum Gasteiger partial charge on any atom is -0.492 e. The first-order chi connectivity index (χ1) is 10.0. The maximum Gasteiger partial charge on any atom is 0.137 e. The number of halogens is 2. The number of rotatable bonds is 6. The normalized spacial score (nSPS) is 23.2. The summed E-state index contributed by atoms with van der Waals surface area (Å²) < 4.78 is 12.4. The smallest absolute Gasteiger partial charge is 0.137 e. The number of benzene rings is 1. The molecule has 5 heteroatoms. The van der Waals surface area contributed by atoms with Crippen molar-refractivity contribution < 1.29 is 9.47 Å². The van der Waals surface area contributed by atoms with E-state index in [9.17, 15) is 0 Å². The lowest BCUT2D eigenvalue weighted by atomic mass is 10.2. The van der Waals surface area contributed by atoms with Crippen molar-refractivity contribution in [3.8, 4) is 5.75 Å². The molecule has 21 heavy (non-hydrogen) atoms. The van der Waals surface area contributed by atoms with E-state index < -0.39 is 0 Å². The molecule has 0 N–H and O–H groups in total. The molecular weight excluding hydrogens is 354 g/mol. The topological polar surface area (TPSA) is 21.7 Å². The molecule has 0 amide bonds. The number of hydrogen-bond donors (Lipinski definition) is 0. The molecule has 1 fully saturated rings. The van der Waals surface area contributed by atoms with Gasteiger partial charge in [-0.2, -0.15) is 0 Å². The lowest BCUT2D eigenvalue weighted by Crippen LogP contribution is -2.45. The molecule has 1 aromatic rings. The lowest BCUT2D eigenvalue weighted by molar-refractivity contribution is -0.0682. The van der Waals surface area contributed by atoms with Crippen molar-refractivity contribution in [2.24, 2.45) is 0 Å². The van der Waals surface area contributed by atoms with Crippen LogP contribution in [-0.2, 0) is 4.74 Å². The molecule has 1 aliphatic rings. The summed E-state index contributed by atoms with van der Waals surface area (Å²) in [6.07, 6.45) is 2.85. The standard InChI is InChI=1S/C16H23BrClNO2/c1-12-10-19(11-13(2)21-12)7-3-4-8-20-16-6-5-14(17)9-15(16)18/h5-6,9,12-13H,3-4,7-8,10-11H2,1-2H3/t12-,13-/m1/s1. The number of nitrogens with zero attached hydrogens (tertiary/aromatic N) is 1. The third kappa shape index (κ3) is 5.78. The van der Waals surface area contributed by atoms with Crippen LogP contribution in [0.3, 0.4) is 0 Å². The summed E-state index contributed by atoms with van der Waals surface area (Å²) >= 11 is 9.51. The Kier molecular flexibility index (Phi) is 6.80. The van der Waals surface area contributed by atoms with Gasteiger partial charge in [0, 0.05) is 17.6 Å². The highest BCUT2D eigenvalue weighted by Gasteiger charge is 2.21. The predicted molar refractivity (Wildman–Crippen MR) is 90.3 cm³/mol. The molecule has 0 unspecified atom stereocenters. The zero-order valence-electron chi connectivity index (χ0n) is 12.6. The van der Waals surface area contributed by atoms with Gasteiger partial charge >= 0.3 is 0 Å². The number of ether oxygens (including phenoxy) is 2. The molecule has 3 nitrogen and oxygen atoms in total. The Morgan fingerprint density at radius 1 is 1.29 bits per heavy atom. The summed E-state index contributed by atoms with van der Waals surface area (Å²) in [4.78, 5) is 2.48. The van der Waals surface area contributed by atoms with Crippen molar-refractivity contribution in [2.45, 2.75) is 38.9 Å². The van der Waals surface area contributed by atoms with E-state index in [1.165, 1.54) is 0 Å². The first-order valence-corrected chi connectivity index (χ1v) is 8.67. The summed E-state index contributed by atoms with van der Waals surface area (Å²) in [5, 5.41) is 0.653.